The maximum absolute atomic E-state index is 13.6. The molecular weight excluding hydrogens is 345 g/mol. The molecule has 27 heavy (non-hydrogen) atoms. The Kier molecular flexibility index (Phi) is 5.36. The van der Waals surface area contributed by atoms with Gasteiger partial charge in [0.1, 0.15) is 11.6 Å². The number of carbonyl (C=O) groups is 1. The van der Waals surface area contributed by atoms with Crippen molar-refractivity contribution in [1.29, 1.82) is 0 Å². The molecule has 1 saturated heterocycles. The minimum Gasteiger partial charge on any atom is -0.493 e. The maximum Gasteiger partial charge on any atom is 0.238 e. The minimum absolute atomic E-state index is 0.174. The Morgan fingerprint density at radius 3 is 2.67 bits per heavy atom. The van der Waals surface area contributed by atoms with E-state index in [1.165, 1.54) is 17.2 Å². The number of hydrogen-bond acceptors (Lipinski definition) is 4. The van der Waals surface area contributed by atoms with Crippen LogP contribution in [0.3, 0.4) is 0 Å². The van der Waals surface area contributed by atoms with Crippen molar-refractivity contribution in [3.05, 3.63) is 59.4 Å². The zero-order valence-corrected chi connectivity index (χ0v) is 15.3. The number of ether oxygens (including phenoxy) is 1. The molecule has 0 aromatic heterocycles. The fourth-order valence-electron chi connectivity index (χ4n) is 3.66. The summed E-state index contributed by atoms with van der Waals surface area (Å²) in [4.78, 5) is 16.7. The Balaban J connectivity index is 1.24. The van der Waals surface area contributed by atoms with E-state index in [1.54, 1.807) is 18.2 Å². The third-order valence-electron chi connectivity index (χ3n) is 5.14. The molecular formula is C21H24FN3O2. The van der Waals surface area contributed by atoms with Crippen molar-refractivity contribution in [2.75, 3.05) is 44.6 Å². The van der Waals surface area contributed by atoms with E-state index < -0.39 is 5.82 Å². The van der Waals surface area contributed by atoms with E-state index in [-0.39, 0.29) is 11.6 Å². The van der Waals surface area contributed by atoms with Crippen LogP contribution in [0, 0.1) is 5.82 Å². The van der Waals surface area contributed by atoms with Gasteiger partial charge in [0.2, 0.25) is 5.91 Å². The third kappa shape index (κ3) is 4.46. The zero-order chi connectivity index (χ0) is 18.6. The number of rotatable bonds is 5. The topological polar surface area (TPSA) is 44.8 Å². The van der Waals surface area contributed by atoms with Crippen molar-refractivity contribution in [3.63, 3.8) is 0 Å². The second-order valence-corrected chi connectivity index (χ2v) is 7.12. The normalized spacial score (nSPS) is 17.4. The predicted molar refractivity (Wildman–Crippen MR) is 102 cm³/mol. The van der Waals surface area contributed by atoms with Gasteiger partial charge in [-0.2, -0.15) is 0 Å². The van der Waals surface area contributed by atoms with Crippen molar-refractivity contribution < 1.29 is 13.9 Å². The molecule has 4 rings (SSSR count). The molecule has 0 radical (unpaired) electrons. The fraction of sp³-hybridized carbons (Fsp3) is 0.381. The number of piperazine rings is 1. The number of benzene rings is 2. The first kappa shape index (κ1) is 17.9. The van der Waals surface area contributed by atoms with Crippen LogP contribution in [-0.2, 0) is 17.8 Å². The van der Waals surface area contributed by atoms with Gasteiger partial charge in [-0.25, -0.2) is 4.39 Å². The van der Waals surface area contributed by atoms with Crippen LogP contribution in [0.1, 0.15) is 11.1 Å². The first-order valence-electron chi connectivity index (χ1n) is 9.41. The Bertz CT molecular complexity index is 819. The number of carbonyl (C=O) groups excluding carboxylic acids is 1. The van der Waals surface area contributed by atoms with Gasteiger partial charge in [-0.05, 0) is 29.3 Å². The van der Waals surface area contributed by atoms with E-state index >= 15 is 0 Å². The summed E-state index contributed by atoms with van der Waals surface area (Å²) in [5.41, 5.74) is 2.85. The van der Waals surface area contributed by atoms with E-state index in [0.717, 1.165) is 51.5 Å². The van der Waals surface area contributed by atoms with Crippen LogP contribution < -0.4 is 10.1 Å². The number of para-hydroxylation sites is 1. The molecule has 2 aliphatic rings. The smallest absolute Gasteiger partial charge is 0.238 e. The minimum atomic E-state index is -0.407. The van der Waals surface area contributed by atoms with Crippen LogP contribution in [0.4, 0.5) is 10.1 Å². The number of amides is 1. The van der Waals surface area contributed by atoms with Gasteiger partial charge in [0, 0.05) is 39.1 Å². The number of nitrogens with one attached hydrogen (secondary N) is 1. The average Bonchev–Trinajstić information content (AvgIpc) is 3.13. The van der Waals surface area contributed by atoms with Gasteiger partial charge in [0.15, 0.2) is 0 Å². The summed E-state index contributed by atoms with van der Waals surface area (Å²) in [6.07, 6.45) is 0.994. The van der Waals surface area contributed by atoms with Crippen molar-refractivity contribution in [2.24, 2.45) is 0 Å². The van der Waals surface area contributed by atoms with Crippen molar-refractivity contribution in [2.45, 2.75) is 13.0 Å². The van der Waals surface area contributed by atoms with Gasteiger partial charge in [0.05, 0.1) is 18.8 Å². The number of hydrogen-bond donors (Lipinski definition) is 1. The largest absolute Gasteiger partial charge is 0.493 e. The summed E-state index contributed by atoms with van der Waals surface area (Å²) in [7, 11) is 0. The Morgan fingerprint density at radius 2 is 1.85 bits per heavy atom. The third-order valence-corrected chi connectivity index (χ3v) is 5.14. The predicted octanol–water partition coefficient (Wildman–Crippen LogP) is 2.52. The quantitative estimate of drug-likeness (QED) is 0.880. The summed E-state index contributed by atoms with van der Waals surface area (Å²) in [5, 5.41) is 2.65. The molecule has 2 aromatic rings. The molecule has 142 valence electrons. The van der Waals surface area contributed by atoms with Crippen molar-refractivity contribution >= 4 is 11.6 Å². The SMILES string of the molecule is O=C(CN1CCN(Cc2ccc3c(c2)CCO3)CC1)Nc1ccccc1F. The van der Waals surface area contributed by atoms with E-state index in [9.17, 15) is 9.18 Å². The highest BCUT2D eigenvalue weighted by atomic mass is 19.1. The van der Waals surface area contributed by atoms with Crippen LogP contribution in [0.5, 0.6) is 5.75 Å². The van der Waals surface area contributed by atoms with Crippen LogP contribution in [0.2, 0.25) is 0 Å². The van der Waals surface area contributed by atoms with Crippen molar-refractivity contribution in [1.82, 2.24) is 9.80 Å². The second-order valence-electron chi connectivity index (χ2n) is 7.12. The Hall–Kier alpha value is -2.44. The van der Waals surface area contributed by atoms with Gasteiger partial charge >= 0.3 is 0 Å². The van der Waals surface area contributed by atoms with E-state index in [1.807, 2.05) is 0 Å². The lowest BCUT2D eigenvalue weighted by molar-refractivity contribution is -0.117. The Labute approximate surface area is 158 Å². The molecule has 0 atom stereocenters. The highest BCUT2D eigenvalue weighted by Crippen LogP contribution is 2.26. The molecule has 2 aromatic carbocycles. The van der Waals surface area contributed by atoms with Gasteiger partial charge in [-0.3, -0.25) is 14.6 Å². The lowest BCUT2D eigenvalue weighted by Crippen LogP contribution is -2.48. The average molecular weight is 369 g/mol. The highest BCUT2D eigenvalue weighted by Gasteiger charge is 2.20. The summed E-state index contributed by atoms with van der Waals surface area (Å²) in [5.74, 6) is 0.437. The van der Waals surface area contributed by atoms with Crippen molar-refractivity contribution in [3.8, 4) is 5.75 Å². The number of nitrogens with zero attached hydrogens (tertiary/aromatic N) is 2. The van der Waals surface area contributed by atoms with E-state index in [2.05, 4.69) is 33.3 Å². The van der Waals surface area contributed by atoms with Gasteiger partial charge in [-0.1, -0.05) is 24.3 Å². The number of anilines is 1. The van der Waals surface area contributed by atoms with Crippen LogP contribution in [-0.4, -0.2) is 55.0 Å². The molecule has 6 heteroatoms. The van der Waals surface area contributed by atoms with E-state index in [0.29, 0.717) is 6.54 Å². The summed E-state index contributed by atoms with van der Waals surface area (Å²) >= 11 is 0. The molecule has 0 unspecified atom stereocenters. The van der Waals surface area contributed by atoms with E-state index in [4.69, 9.17) is 4.74 Å². The highest BCUT2D eigenvalue weighted by molar-refractivity contribution is 5.92. The first-order valence-corrected chi connectivity index (χ1v) is 9.41. The molecule has 1 N–H and O–H groups in total. The summed E-state index contributed by atoms with van der Waals surface area (Å²) in [6.45, 7) is 5.49. The van der Waals surface area contributed by atoms with Crippen LogP contribution in [0.25, 0.3) is 0 Å². The first-order chi connectivity index (χ1) is 13.2. The summed E-state index contributed by atoms with van der Waals surface area (Å²) in [6, 6.07) is 12.7. The molecule has 5 nitrogen and oxygen atoms in total. The second kappa shape index (κ2) is 8.06. The monoisotopic (exact) mass is 369 g/mol. The summed E-state index contributed by atoms with van der Waals surface area (Å²) < 4.78 is 19.2. The standard InChI is InChI=1S/C21H24FN3O2/c22-18-3-1-2-4-19(18)23-21(26)15-25-10-8-24(9-11-25)14-16-5-6-20-17(13-16)7-12-27-20/h1-6,13H,7-12,14-15H2,(H,23,26). The number of fused-ring (bicyclic) bond motifs is 1. The molecule has 1 amide bonds. The molecule has 0 bridgehead atoms. The number of halogens is 1. The molecule has 2 heterocycles. The van der Waals surface area contributed by atoms with Gasteiger partial charge < -0.3 is 10.1 Å². The molecule has 1 fully saturated rings. The maximum atomic E-state index is 13.6. The van der Waals surface area contributed by atoms with Crippen LogP contribution >= 0.6 is 0 Å². The van der Waals surface area contributed by atoms with Gasteiger partial charge in [-0.15, -0.1) is 0 Å². The van der Waals surface area contributed by atoms with Crippen LogP contribution in [0.15, 0.2) is 42.5 Å². The lowest BCUT2D eigenvalue weighted by Gasteiger charge is -2.34. The zero-order valence-electron chi connectivity index (χ0n) is 15.3. The fourth-order valence-corrected chi connectivity index (χ4v) is 3.66. The lowest BCUT2D eigenvalue weighted by atomic mass is 10.1. The van der Waals surface area contributed by atoms with Gasteiger partial charge in [0.25, 0.3) is 0 Å². The molecule has 2 aliphatic heterocycles. The Morgan fingerprint density at radius 1 is 1.07 bits per heavy atom. The molecule has 0 spiro atoms. The molecule has 0 saturated carbocycles. The molecule has 0 aliphatic carbocycles.